The third kappa shape index (κ3) is 5.37. The fourth-order valence-electron chi connectivity index (χ4n) is 3.86. The molecule has 0 aliphatic rings. The van der Waals surface area contributed by atoms with Gasteiger partial charge in [-0.25, -0.2) is 4.79 Å². The number of anilines is 1. The van der Waals surface area contributed by atoms with Gasteiger partial charge in [0.15, 0.2) is 17.1 Å². The molecule has 0 saturated heterocycles. The number of aromatic nitrogens is 4. The number of nitriles is 1. The predicted molar refractivity (Wildman–Crippen MR) is 143 cm³/mol. The molecule has 6 aromatic rings. The number of nitrogens with zero attached hydrogens (tertiary/aromatic N) is 4. The van der Waals surface area contributed by atoms with Crippen LogP contribution in [0.15, 0.2) is 80.6 Å². The molecule has 6 rings (SSSR count). The van der Waals surface area contributed by atoms with Gasteiger partial charge in [0.25, 0.3) is 17.5 Å². The Kier molecular flexibility index (Phi) is 6.78. The third-order valence-corrected chi connectivity index (χ3v) is 5.77. The Balaban J connectivity index is 0.000000234. The zero-order valence-electron chi connectivity index (χ0n) is 20.6. The van der Waals surface area contributed by atoms with Crippen molar-refractivity contribution >= 4 is 45.1 Å². The zero-order valence-corrected chi connectivity index (χ0v) is 20.6. The SMILES string of the molecule is N#Cc1ccc(NC(=O)c2noc3ccc([N+](=O)[O-])cc23)c(-c2noc(=O)[nH]2)c1.NC(=O)c1cc2ccccc2[nH]1. The average molecular weight is 552 g/mol. The number of primary amides is 1. The van der Waals surface area contributed by atoms with Gasteiger partial charge in [-0.2, -0.15) is 5.26 Å². The van der Waals surface area contributed by atoms with Crippen LogP contribution in [-0.4, -0.2) is 37.0 Å². The van der Waals surface area contributed by atoms with Crippen LogP contribution >= 0.6 is 0 Å². The van der Waals surface area contributed by atoms with E-state index in [0.717, 1.165) is 10.9 Å². The minimum atomic E-state index is -0.811. The topological polar surface area (TPSA) is 240 Å². The summed E-state index contributed by atoms with van der Waals surface area (Å²) in [4.78, 5) is 50.4. The smallest absolute Gasteiger partial charge is 0.364 e. The number of benzene rings is 3. The number of carbonyl (C=O) groups excluding carboxylic acids is 2. The van der Waals surface area contributed by atoms with Crippen LogP contribution in [0.3, 0.4) is 0 Å². The number of aromatic amines is 2. The fourth-order valence-corrected chi connectivity index (χ4v) is 3.86. The van der Waals surface area contributed by atoms with E-state index in [2.05, 4.69) is 30.1 Å². The quantitative estimate of drug-likeness (QED) is 0.179. The second-order valence-corrected chi connectivity index (χ2v) is 8.37. The highest BCUT2D eigenvalue weighted by Gasteiger charge is 2.21. The lowest BCUT2D eigenvalue weighted by Crippen LogP contribution is -2.13. The van der Waals surface area contributed by atoms with Crippen LogP contribution in [0.25, 0.3) is 33.3 Å². The first-order valence-corrected chi connectivity index (χ1v) is 11.6. The number of carbonyl (C=O) groups is 2. The molecule has 202 valence electrons. The highest BCUT2D eigenvalue weighted by atomic mass is 16.6. The van der Waals surface area contributed by atoms with Crippen LogP contribution in [0.4, 0.5) is 11.4 Å². The van der Waals surface area contributed by atoms with Crippen molar-refractivity contribution in [2.45, 2.75) is 0 Å². The number of rotatable bonds is 5. The van der Waals surface area contributed by atoms with Gasteiger partial charge in [0.05, 0.1) is 27.6 Å². The highest BCUT2D eigenvalue weighted by Crippen LogP contribution is 2.28. The van der Waals surface area contributed by atoms with E-state index >= 15 is 0 Å². The Hall–Kier alpha value is -6.56. The maximum Gasteiger partial charge on any atom is 0.439 e. The average Bonchev–Trinajstić information content (AvgIpc) is 3.71. The standard InChI is InChI=1S/C17H8N6O6.C9H8N2O/c18-7-8-1-3-12(10(5-8)15-20-17(25)29-22-15)19-16(24)14-11-6-9(23(26)27)2-4-13(11)28-21-14;10-9(12)8-5-6-3-1-2-4-7(6)11-8/h1-6H,(H,19,24)(H,20,22,25);1-5,11H,(H2,10,12). The van der Waals surface area contributed by atoms with Crippen LogP contribution in [-0.2, 0) is 0 Å². The van der Waals surface area contributed by atoms with E-state index < -0.39 is 22.5 Å². The molecule has 2 amide bonds. The van der Waals surface area contributed by atoms with Crippen LogP contribution in [0, 0.1) is 21.4 Å². The number of nitro benzene ring substituents is 1. The number of hydrogen-bond donors (Lipinski definition) is 4. The molecular formula is C26H16N8O7. The van der Waals surface area contributed by atoms with Gasteiger partial charge in [0.1, 0.15) is 5.69 Å². The number of nitrogens with one attached hydrogen (secondary N) is 3. The number of non-ortho nitro benzene ring substituents is 1. The maximum absolute atomic E-state index is 12.7. The first-order valence-electron chi connectivity index (χ1n) is 11.6. The minimum absolute atomic E-state index is 0.00282. The Morgan fingerprint density at radius 2 is 1.83 bits per heavy atom. The number of nitro groups is 1. The van der Waals surface area contributed by atoms with Crippen molar-refractivity contribution in [1.29, 1.82) is 5.26 Å². The number of para-hydroxylation sites is 1. The zero-order chi connectivity index (χ0) is 29.1. The van der Waals surface area contributed by atoms with E-state index in [9.17, 15) is 24.5 Å². The van der Waals surface area contributed by atoms with Crippen LogP contribution in [0.2, 0.25) is 0 Å². The van der Waals surface area contributed by atoms with Crippen molar-refractivity contribution in [3.63, 3.8) is 0 Å². The van der Waals surface area contributed by atoms with Crippen LogP contribution in [0.1, 0.15) is 26.5 Å². The van der Waals surface area contributed by atoms with Crippen molar-refractivity contribution in [3.05, 3.63) is 104 Å². The molecule has 0 atom stereocenters. The molecule has 3 heterocycles. The minimum Gasteiger partial charge on any atom is -0.364 e. The van der Waals surface area contributed by atoms with E-state index in [0.29, 0.717) is 5.69 Å². The number of hydrogen-bond acceptors (Lipinski definition) is 10. The van der Waals surface area contributed by atoms with Gasteiger partial charge < -0.3 is 20.6 Å². The summed E-state index contributed by atoms with van der Waals surface area (Å²) in [5.74, 6) is -1.95. The van der Waals surface area contributed by atoms with E-state index in [1.54, 1.807) is 6.07 Å². The molecule has 0 aliphatic carbocycles. The lowest BCUT2D eigenvalue weighted by atomic mass is 10.1. The molecule has 0 bridgehead atoms. The summed E-state index contributed by atoms with van der Waals surface area (Å²) in [5.41, 5.74) is 6.97. The summed E-state index contributed by atoms with van der Waals surface area (Å²) in [6.07, 6.45) is 0. The van der Waals surface area contributed by atoms with Crippen molar-refractivity contribution in [2.75, 3.05) is 5.32 Å². The molecule has 3 aromatic carbocycles. The molecule has 15 nitrogen and oxygen atoms in total. The number of fused-ring (bicyclic) bond motifs is 2. The second kappa shape index (κ2) is 10.7. The largest absolute Gasteiger partial charge is 0.439 e. The Labute approximate surface area is 227 Å². The van der Waals surface area contributed by atoms with Gasteiger partial charge in [-0.05, 0) is 36.4 Å². The molecule has 0 spiro atoms. The van der Waals surface area contributed by atoms with Gasteiger partial charge in [0.2, 0.25) is 0 Å². The second-order valence-electron chi connectivity index (χ2n) is 8.37. The predicted octanol–water partition coefficient (Wildman–Crippen LogP) is 3.47. The monoisotopic (exact) mass is 552 g/mol. The molecule has 0 unspecified atom stereocenters. The lowest BCUT2D eigenvalue weighted by Gasteiger charge is -2.08. The van der Waals surface area contributed by atoms with Crippen molar-refractivity contribution < 1.29 is 23.6 Å². The summed E-state index contributed by atoms with van der Waals surface area (Å²) >= 11 is 0. The summed E-state index contributed by atoms with van der Waals surface area (Å²) in [5, 5.41) is 31.0. The summed E-state index contributed by atoms with van der Waals surface area (Å²) in [7, 11) is 0. The molecular weight excluding hydrogens is 536 g/mol. The molecule has 0 fully saturated rings. The van der Waals surface area contributed by atoms with Gasteiger partial charge >= 0.3 is 5.76 Å². The van der Waals surface area contributed by atoms with E-state index in [1.165, 1.54) is 36.4 Å². The molecule has 15 heteroatoms. The van der Waals surface area contributed by atoms with Gasteiger partial charge in [0, 0.05) is 28.6 Å². The number of H-pyrrole nitrogens is 2. The maximum atomic E-state index is 12.7. The van der Waals surface area contributed by atoms with Gasteiger partial charge in [-0.1, -0.05) is 28.5 Å². The summed E-state index contributed by atoms with van der Waals surface area (Å²) < 4.78 is 9.52. The Morgan fingerprint density at radius 1 is 1.02 bits per heavy atom. The normalized spacial score (nSPS) is 10.5. The first kappa shape index (κ1) is 26.1. The molecule has 5 N–H and O–H groups in total. The summed E-state index contributed by atoms with van der Waals surface area (Å²) in [6.45, 7) is 0. The molecule has 41 heavy (non-hydrogen) atoms. The van der Waals surface area contributed by atoms with Crippen LogP contribution < -0.4 is 16.8 Å². The van der Waals surface area contributed by atoms with Crippen molar-refractivity contribution in [1.82, 2.24) is 20.3 Å². The first-order chi connectivity index (χ1) is 19.7. The number of amides is 2. The lowest BCUT2D eigenvalue weighted by molar-refractivity contribution is -0.384. The van der Waals surface area contributed by atoms with E-state index in [-0.39, 0.29) is 45.0 Å². The van der Waals surface area contributed by atoms with Crippen molar-refractivity contribution in [2.24, 2.45) is 5.73 Å². The van der Waals surface area contributed by atoms with Crippen molar-refractivity contribution in [3.8, 4) is 17.5 Å². The molecule has 3 aromatic heterocycles. The van der Waals surface area contributed by atoms with Gasteiger partial charge in [-0.15, -0.1) is 0 Å². The van der Waals surface area contributed by atoms with E-state index in [4.69, 9.17) is 15.5 Å². The number of nitrogens with two attached hydrogens (primary N) is 1. The Bertz CT molecular complexity index is 2030. The third-order valence-electron chi connectivity index (χ3n) is 5.77. The fraction of sp³-hybridized carbons (Fsp3) is 0. The Morgan fingerprint density at radius 3 is 2.51 bits per heavy atom. The molecule has 0 radical (unpaired) electrons. The van der Waals surface area contributed by atoms with E-state index in [1.807, 2.05) is 30.3 Å². The highest BCUT2D eigenvalue weighted by molar-refractivity contribution is 6.12. The molecule has 0 aliphatic heterocycles. The summed E-state index contributed by atoms with van der Waals surface area (Å²) in [6, 6.07) is 19.4. The van der Waals surface area contributed by atoms with Gasteiger partial charge in [-0.3, -0.25) is 29.2 Å². The molecule has 0 saturated carbocycles. The van der Waals surface area contributed by atoms with Crippen LogP contribution in [0.5, 0.6) is 0 Å².